The Balaban J connectivity index is 2.58. The van der Waals surface area contributed by atoms with Crippen LogP contribution in [0.3, 0.4) is 0 Å². The second kappa shape index (κ2) is 10.0. The van der Waals surface area contributed by atoms with Gasteiger partial charge in [0.15, 0.2) is 0 Å². The van der Waals surface area contributed by atoms with Crippen LogP contribution in [0.15, 0.2) is 24.3 Å². The number of nitrogens with one attached hydrogen (secondary N) is 1. The number of unbranched alkanes of at least 4 members (excludes halogenated alkanes) is 1. The Labute approximate surface area is 128 Å². The summed E-state index contributed by atoms with van der Waals surface area (Å²) in [5, 5.41) is 3.03. The molecular formula is C18H26N2O. The highest BCUT2D eigenvalue weighted by molar-refractivity contribution is 5.94. The number of benzene rings is 1. The summed E-state index contributed by atoms with van der Waals surface area (Å²) >= 11 is 0. The molecule has 0 saturated heterocycles. The summed E-state index contributed by atoms with van der Waals surface area (Å²) in [5.74, 6) is 6.29. The number of hydrogen-bond acceptors (Lipinski definition) is 2. The maximum atomic E-state index is 12.2. The third-order valence-electron chi connectivity index (χ3n) is 3.55. The number of rotatable bonds is 7. The average Bonchev–Trinajstić information content (AvgIpc) is 2.53. The van der Waals surface area contributed by atoms with Crippen molar-refractivity contribution in [1.29, 1.82) is 0 Å². The summed E-state index contributed by atoms with van der Waals surface area (Å²) in [6.45, 7) is 5.44. The van der Waals surface area contributed by atoms with Crippen LogP contribution in [-0.2, 0) is 0 Å². The molecule has 0 aliphatic heterocycles. The first-order valence-electron chi connectivity index (χ1n) is 7.78. The lowest BCUT2D eigenvalue weighted by molar-refractivity contribution is 0.0946. The first-order valence-corrected chi connectivity index (χ1v) is 7.78. The fraction of sp³-hybridized carbons (Fsp3) is 0.500. The standard InChI is InChI=1S/C18H26N2O/c1-3-5-8-15(4-2)14-20-18(21)17-11-6-9-16(13-17)10-7-12-19/h6,9,11,13,15H,3-5,8,12,14,19H2,1-2H3,(H,20,21). The minimum absolute atomic E-state index is 0.0265. The zero-order chi connectivity index (χ0) is 15.5. The van der Waals surface area contributed by atoms with E-state index in [2.05, 4.69) is 31.0 Å². The van der Waals surface area contributed by atoms with Gasteiger partial charge >= 0.3 is 0 Å². The van der Waals surface area contributed by atoms with Gasteiger partial charge in [0, 0.05) is 17.7 Å². The Hall–Kier alpha value is -1.79. The van der Waals surface area contributed by atoms with Crippen LogP contribution in [0, 0.1) is 17.8 Å². The van der Waals surface area contributed by atoms with Crippen molar-refractivity contribution in [2.24, 2.45) is 11.7 Å². The largest absolute Gasteiger partial charge is 0.352 e. The molecule has 1 aromatic rings. The highest BCUT2D eigenvalue weighted by Crippen LogP contribution is 2.12. The summed E-state index contributed by atoms with van der Waals surface area (Å²) in [6, 6.07) is 7.36. The van der Waals surface area contributed by atoms with Gasteiger partial charge in [-0.3, -0.25) is 4.79 Å². The Morgan fingerprint density at radius 3 is 2.86 bits per heavy atom. The van der Waals surface area contributed by atoms with Crippen molar-refractivity contribution in [3.63, 3.8) is 0 Å². The van der Waals surface area contributed by atoms with Gasteiger partial charge in [-0.15, -0.1) is 0 Å². The van der Waals surface area contributed by atoms with Gasteiger partial charge in [0.05, 0.1) is 6.54 Å². The molecule has 0 saturated carbocycles. The van der Waals surface area contributed by atoms with Crippen molar-refractivity contribution < 1.29 is 4.79 Å². The predicted octanol–water partition coefficient (Wildman–Crippen LogP) is 2.94. The molecule has 3 heteroatoms. The van der Waals surface area contributed by atoms with Gasteiger partial charge in [0.1, 0.15) is 0 Å². The van der Waals surface area contributed by atoms with Crippen LogP contribution >= 0.6 is 0 Å². The van der Waals surface area contributed by atoms with Gasteiger partial charge in [-0.2, -0.15) is 0 Å². The molecule has 0 radical (unpaired) electrons. The number of carbonyl (C=O) groups excluding carboxylic acids is 1. The van der Waals surface area contributed by atoms with Crippen molar-refractivity contribution in [1.82, 2.24) is 5.32 Å². The van der Waals surface area contributed by atoms with Crippen LogP contribution in [0.4, 0.5) is 0 Å². The zero-order valence-corrected chi connectivity index (χ0v) is 13.1. The second-order valence-corrected chi connectivity index (χ2v) is 5.21. The van der Waals surface area contributed by atoms with Crippen LogP contribution in [0.25, 0.3) is 0 Å². The summed E-state index contributed by atoms with van der Waals surface area (Å²) in [5.41, 5.74) is 6.84. The fourth-order valence-corrected chi connectivity index (χ4v) is 2.17. The summed E-state index contributed by atoms with van der Waals surface area (Å²) in [4.78, 5) is 12.2. The quantitative estimate of drug-likeness (QED) is 0.757. The van der Waals surface area contributed by atoms with E-state index in [0.29, 0.717) is 18.0 Å². The van der Waals surface area contributed by atoms with E-state index in [1.165, 1.54) is 19.3 Å². The van der Waals surface area contributed by atoms with Crippen molar-refractivity contribution in [2.45, 2.75) is 39.5 Å². The molecule has 0 bridgehead atoms. The summed E-state index contributed by atoms with van der Waals surface area (Å²) in [7, 11) is 0. The van der Waals surface area contributed by atoms with Gasteiger partial charge in [0.2, 0.25) is 0 Å². The minimum Gasteiger partial charge on any atom is -0.352 e. The summed E-state index contributed by atoms with van der Waals surface area (Å²) < 4.78 is 0. The first-order chi connectivity index (χ1) is 10.2. The topological polar surface area (TPSA) is 55.1 Å². The number of hydrogen-bond donors (Lipinski definition) is 2. The highest BCUT2D eigenvalue weighted by Gasteiger charge is 2.10. The maximum absolute atomic E-state index is 12.2. The lowest BCUT2D eigenvalue weighted by Gasteiger charge is -2.15. The number of nitrogens with two attached hydrogens (primary N) is 1. The van der Waals surface area contributed by atoms with Crippen molar-refractivity contribution >= 4 is 5.91 Å². The van der Waals surface area contributed by atoms with Gasteiger partial charge in [0.25, 0.3) is 5.91 Å². The number of amides is 1. The Bertz CT molecular complexity index is 499. The van der Waals surface area contributed by atoms with Crippen molar-refractivity contribution in [3.8, 4) is 11.8 Å². The van der Waals surface area contributed by atoms with Gasteiger partial charge in [-0.1, -0.05) is 51.0 Å². The molecule has 1 unspecified atom stereocenters. The molecular weight excluding hydrogens is 260 g/mol. The predicted molar refractivity (Wildman–Crippen MR) is 88.0 cm³/mol. The smallest absolute Gasteiger partial charge is 0.251 e. The molecule has 21 heavy (non-hydrogen) atoms. The Morgan fingerprint density at radius 2 is 2.19 bits per heavy atom. The molecule has 0 aliphatic carbocycles. The molecule has 0 spiro atoms. The molecule has 3 N–H and O–H groups in total. The van der Waals surface area contributed by atoms with Crippen LogP contribution < -0.4 is 11.1 Å². The maximum Gasteiger partial charge on any atom is 0.251 e. The van der Waals surface area contributed by atoms with E-state index < -0.39 is 0 Å². The van der Waals surface area contributed by atoms with E-state index in [1.807, 2.05) is 24.3 Å². The fourth-order valence-electron chi connectivity index (χ4n) is 2.17. The molecule has 114 valence electrons. The van der Waals surface area contributed by atoms with E-state index in [-0.39, 0.29) is 5.91 Å². The number of carbonyl (C=O) groups is 1. The van der Waals surface area contributed by atoms with Crippen molar-refractivity contribution in [2.75, 3.05) is 13.1 Å². The molecule has 0 fully saturated rings. The summed E-state index contributed by atoms with van der Waals surface area (Å²) in [6.07, 6.45) is 4.70. The molecule has 1 rings (SSSR count). The molecule has 3 nitrogen and oxygen atoms in total. The SMILES string of the molecule is CCCCC(CC)CNC(=O)c1cccc(C#CCN)c1. The minimum atomic E-state index is -0.0265. The third kappa shape index (κ3) is 6.46. The van der Waals surface area contributed by atoms with Gasteiger partial charge in [-0.25, -0.2) is 0 Å². The van der Waals surface area contributed by atoms with Crippen molar-refractivity contribution in [3.05, 3.63) is 35.4 Å². The van der Waals surface area contributed by atoms with Crippen LogP contribution in [0.2, 0.25) is 0 Å². The van der Waals surface area contributed by atoms with E-state index >= 15 is 0 Å². The van der Waals surface area contributed by atoms with Gasteiger partial charge in [-0.05, 0) is 30.5 Å². The monoisotopic (exact) mass is 286 g/mol. The lowest BCUT2D eigenvalue weighted by Crippen LogP contribution is -2.29. The zero-order valence-electron chi connectivity index (χ0n) is 13.1. The molecule has 1 atom stereocenters. The van der Waals surface area contributed by atoms with Crippen LogP contribution in [-0.4, -0.2) is 19.0 Å². The van der Waals surface area contributed by atoms with E-state index in [0.717, 1.165) is 18.5 Å². The highest BCUT2D eigenvalue weighted by atomic mass is 16.1. The third-order valence-corrected chi connectivity index (χ3v) is 3.55. The van der Waals surface area contributed by atoms with E-state index in [1.54, 1.807) is 0 Å². The second-order valence-electron chi connectivity index (χ2n) is 5.21. The normalized spacial score (nSPS) is 11.4. The lowest BCUT2D eigenvalue weighted by atomic mass is 9.99. The van der Waals surface area contributed by atoms with E-state index in [4.69, 9.17) is 5.73 Å². The molecule has 1 amide bonds. The molecule has 0 aliphatic rings. The van der Waals surface area contributed by atoms with Gasteiger partial charge < -0.3 is 11.1 Å². The Kier molecular flexibility index (Phi) is 8.23. The first kappa shape index (κ1) is 17.3. The Morgan fingerprint density at radius 1 is 1.38 bits per heavy atom. The molecule has 1 aromatic carbocycles. The molecule has 0 heterocycles. The van der Waals surface area contributed by atoms with E-state index in [9.17, 15) is 4.79 Å². The van der Waals surface area contributed by atoms with Crippen LogP contribution in [0.5, 0.6) is 0 Å². The van der Waals surface area contributed by atoms with Crippen LogP contribution in [0.1, 0.15) is 55.5 Å². The average molecular weight is 286 g/mol. The molecule has 0 aromatic heterocycles.